The number of hydrogen-bond donors (Lipinski definition) is 0. The van der Waals surface area contributed by atoms with Gasteiger partial charge in [-0.3, -0.25) is 0 Å². The van der Waals surface area contributed by atoms with Crippen LogP contribution in [0.4, 0.5) is 0 Å². The summed E-state index contributed by atoms with van der Waals surface area (Å²) in [5.41, 5.74) is 0. The average molecular weight is 402 g/mol. The second-order valence-corrected chi connectivity index (χ2v) is 0. The zero-order valence-corrected chi connectivity index (χ0v) is 9.84. The molecule has 0 radical (unpaired) electrons. The van der Waals surface area contributed by atoms with Gasteiger partial charge in [0, 0.05) is 41.7 Å². The van der Waals surface area contributed by atoms with Gasteiger partial charge in [-0.1, -0.05) is 0 Å². The Morgan fingerprint density at radius 2 is 1.00 bits per heavy atom. The Balaban J connectivity index is 0. The second-order valence-electron chi connectivity index (χ2n) is 0. The molecule has 0 spiro atoms. The van der Waals surface area contributed by atoms with E-state index >= 15 is 0 Å². The van der Waals surface area contributed by atoms with E-state index in [-0.39, 0.29) is 125 Å². The molecule has 0 unspecified atom stereocenters. The summed E-state index contributed by atoms with van der Waals surface area (Å²) in [5.74, 6) is 0. The van der Waals surface area contributed by atoms with Crippen LogP contribution >= 0.6 is 0 Å². The molecule has 18 valence electrons. The van der Waals surface area contributed by atoms with Crippen LogP contribution in [0.5, 0.6) is 0 Å². The first-order valence-electron chi connectivity index (χ1n) is 0. The van der Waals surface area contributed by atoms with E-state index in [4.69, 9.17) is 0 Å². The van der Waals surface area contributed by atoms with Gasteiger partial charge in [0.1, 0.15) is 0 Å². The van der Waals surface area contributed by atoms with E-state index in [2.05, 4.69) is 0 Å². The predicted octanol–water partition coefficient (Wildman–Crippen LogP) is -2.75. The zero-order valence-electron chi connectivity index (χ0n) is 1.21. The summed E-state index contributed by atoms with van der Waals surface area (Å²) < 4.78 is 0. The van der Waals surface area contributed by atoms with Crippen molar-refractivity contribution in [2.75, 3.05) is 0 Å². The van der Waals surface area contributed by atoms with E-state index in [0.29, 0.717) is 0 Å². The van der Waals surface area contributed by atoms with Crippen LogP contribution in [0.1, 0.15) is 0 Å². The molecule has 0 nitrogen and oxygen atoms in total. The van der Waals surface area contributed by atoms with Gasteiger partial charge in [0.05, 0.1) is 0 Å². The molecule has 0 saturated carbocycles. The Bertz CT molecular complexity index is 8.00. The normalized spacial score (nSPS) is 0. The molecule has 0 aliphatic carbocycles. The molecule has 0 N–H and O–H groups in total. The summed E-state index contributed by atoms with van der Waals surface area (Å²) in [6, 6.07) is 0. The zero-order chi connectivity index (χ0) is 0. The predicted molar refractivity (Wildman–Crippen MR) is 25.6 cm³/mol. The van der Waals surface area contributed by atoms with Crippen molar-refractivity contribution in [2.24, 2.45) is 0 Å². The Labute approximate surface area is 121 Å². The molecule has 4 heavy (non-hydrogen) atoms. The van der Waals surface area contributed by atoms with Crippen molar-refractivity contribution in [3.8, 4) is 0 Å². The Morgan fingerprint density at radius 3 is 1.00 bits per heavy atom. The molecule has 0 aromatic rings. The van der Waals surface area contributed by atoms with E-state index in [1.807, 2.05) is 0 Å². The summed E-state index contributed by atoms with van der Waals surface area (Å²) in [6.07, 6.45) is 0. The Kier molecular flexibility index (Phi) is 95.3. The first-order valence-corrected chi connectivity index (χ1v) is 0. The van der Waals surface area contributed by atoms with Gasteiger partial charge in [-0.05, 0) is 0 Å². The quantitative estimate of drug-likeness (QED) is 0.386. The molecular weight excluding hydrogens is 396 g/mol. The molecule has 0 aromatic carbocycles. The third-order valence-corrected chi connectivity index (χ3v) is 0. The average Bonchev–Trinajstić information content (AvgIpc) is 0. The molecule has 4 heteroatoms. The van der Waals surface area contributed by atoms with Crippen molar-refractivity contribution < 1.29 is 41.7 Å². The summed E-state index contributed by atoms with van der Waals surface area (Å²) in [6.45, 7) is 0. The van der Waals surface area contributed by atoms with Gasteiger partial charge >= 0.3 is 82.8 Å². The molecule has 0 rings (SSSR count). The molecule has 0 atom stereocenters. The van der Waals surface area contributed by atoms with Gasteiger partial charge in [-0.2, -0.15) is 0 Å². The molecule has 0 aliphatic heterocycles. The first kappa shape index (κ1) is 24.3. The molecule has 0 fully saturated rings. The van der Waals surface area contributed by atoms with Crippen LogP contribution in [0.15, 0.2) is 0 Å². The fourth-order valence-electron chi connectivity index (χ4n) is 0. The monoisotopic (exact) mass is 402 g/mol. The molecular formula is H6BiCaCeLi. The van der Waals surface area contributed by atoms with Gasteiger partial charge in [0.25, 0.3) is 0 Å². The van der Waals surface area contributed by atoms with E-state index in [9.17, 15) is 0 Å². The maximum atomic E-state index is 0. The van der Waals surface area contributed by atoms with Crippen molar-refractivity contribution in [1.82, 2.24) is 0 Å². The van der Waals surface area contributed by atoms with Crippen molar-refractivity contribution in [3.63, 3.8) is 0 Å². The van der Waals surface area contributed by atoms with Gasteiger partial charge < -0.3 is 0 Å². The molecule has 0 aliphatic rings. The topological polar surface area (TPSA) is 0 Å². The van der Waals surface area contributed by atoms with Crippen LogP contribution in [0.25, 0.3) is 0 Å². The molecule has 0 heterocycles. The minimum absolute atomic E-state index is 0. The summed E-state index contributed by atoms with van der Waals surface area (Å²) in [5, 5.41) is 0. The van der Waals surface area contributed by atoms with Gasteiger partial charge in [-0.25, -0.2) is 0 Å². The van der Waals surface area contributed by atoms with Crippen LogP contribution in [-0.2, 0) is 0 Å². The van der Waals surface area contributed by atoms with Gasteiger partial charge in [0.2, 0.25) is 0 Å². The maximum absolute atomic E-state index is 0. The first-order chi connectivity index (χ1) is 0. The molecule has 0 saturated heterocycles. The third kappa shape index (κ3) is 9.45. The molecule has 0 amide bonds. The van der Waals surface area contributed by atoms with E-state index in [0.717, 1.165) is 0 Å². The summed E-state index contributed by atoms with van der Waals surface area (Å²) in [7, 11) is 0. The van der Waals surface area contributed by atoms with Crippen LogP contribution in [0.3, 0.4) is 0 Å². The van der Waals surface area contributed by atoms with E-state index < -0.39 is 0 Å². The third-order valence-electron chi connectivity index (χ3n) is 0. The van der Waals surface area contributed by atoms with E-state index in [1.54, 1.807) is 0 Å². The number of hydrogen-bond acceptors (Lipinski definition) is 0. The second kappa shape index (κ2) is 15.7. The van der Waals surface area contributed by atoms with Crippen molar-refractivity contribution in [2.45, 2.75) is 0 Å². The van der Waals surface area contributed by atoms with Crippen molar-refractivity contribution in [3.05, 3.63) is 0 Å². The SMILES string of the molecule is [BiH3].[CaH2].[Ce].[LiH]. The van der Waals surface area contributed by atoms with Crippen LogP contribution < -0.4 is 0 Å². The molecule has 0 bridgehead atoms. The fraction of sp³-hybridized carbons (Fsp3) is 0. The van der Waals surface area contributed by atoms with Crippen molar-refractivity contribution in [1.29, 1.82) is 0 Å². The fourth-order valence-corrected chi connectivity index (χ4v) is 0. The van der Waals surface area contributed by atoms with Crippen LogP contribution in [0, 0.1) is 41.7 Å². The van der Waals surface area contributed by atoms with Gasteiger partial charge in [0.15, 0.2) is 0 Å². The summed E-state index contributed by atoms with van der Waals surface area (Å²) >= 11 is 0. The Hall–Kier alpha value is 4.12. The summed E-state index contributed by atoms with van der Waals surface area (Å²) in [4.78, 5) is 0. The standard InChI is InChI=1S/Bi.Ca.Ce.Li.6H. The molecule has 0 aromatic heterocycles. The van der Waals surface area contributed by atoms with Crippen molar-refractivity contribution >= 4 is 82.8 Å². The number of rotatable bonds is 0. The van der Waals surface area contributed by atoms with Crippen LogP contribution in [-0.4, -0.2) is 82.8 Å². The van der Waals surface area contributed by atoms with Gasteiger partial charge in [-0.15, -0.1) is 0 Å². The van der Waals surface area contributed by atoms with Crippen LogP contribution in [0.2, 0.25) is 0 Å². The minimum atomic E-state index is 0. The van der Waals surface area contributed by atoms with E-state index in [1.165, 1.54) is 0 Å². The Morgan fingerprint density at radius 1 is 1.00 bits per heavy atom.